The molecule has 0 unspecified atom stereocenters. The van der Waals surface area contributed by atoms with Gasteiger partial charge in [-0.15, -0.1) is 0 Å². The summed E-state index contributed by atoms with van der Waals surface area (Å²) in [5.41, 5.74) is 2.06. The van der Waals surface area contributed by atoms with Gasteiger partial charge in [0.15, 0.2) is 0 Å². The molecule has 2 aromatic rings. The Balaban J connectivity index is 2.20. The molecule has 1 aromatic heterocycles. The summed E-state index contributed by atoms with van der Waals surface area (Å²) in [6.45, 7) is 3.70. The second kappa shape index (κ2) is 2.75. The first-order chi connectivity index (χ1) is 7.56. The van der Waals surface area contributed by atoms with Gasteiger partial charge >= 0.3 is 0 Å². The number of amides is 1. The molecule has 1 aliphatic rings. The summed E-state index contributed by atoms with van der Waals surface area (Å²) in [7, 11) is 0. The molecule has 1 aliphatic heterocycles. The van der Waals surface area contributed by atoms with Crippen LogP contribution < -0.4 is 10.6 Å². The van der Waals surface area contributed by atoms with Gasteiger partial charge < -0.3 is 10.6 Å². The Kier molecular flexibility index (Phi) is 1.58. The summed E-state index contributed by atoms with van der Waals surface area (Å²) in [6, 6.07) is 3.87. The highest BCUT2D eigenvalue weighted by Gasteiger charge is 2.32. The van der Waals surface area contributed by atoms with E-state index < -0.39 is 5.54 Å². The third kappa shape index (κ3) is 1.18. The lowest BCUT2D eigenvalue weighted by Gasteiger charge is -2.32. The quantitative estimate of drug-likeness (QED) is 0.627. The SMILES string of the molecule is CC1(C)Nc2cc3cn[nH]c3cc2NC1=O. The predicted molar refractivity (Wildman–Crippen MR) is 62.4 cm³/mol. The number of aromatic nitrogens is 2. The first kappa shape index (κ1) is 9.21. The molecule has 5 nitrogen and oxygen atoms in total. The third-order valence-corrected chi connectivity index (χ3v) is 2.84. The Morgan fingerprint density at radius 3 is 2.88 bits per heavy atom. The maximum Gasteiger partial charge on any atom is 0.249 e. The number of carbonyl (C=O) groups is 1. The van der Waals surface area contributed by atoms with Crippen LogP contribution in [-0.2, 0) is 4.79 Å². The molecule has 0 saturated heterocycles. The van der Waals surface area contributed by atoms with Gasteiger partial charge in [0.2, 0.25) is 5.91 Å². The Hall–Kier alpha value is -2.04. The zero-order valence-electron chi connectivity index (χ0n) is 9.09. The number of hydrogen-bond donors (Lipinski definition) is 3. The Morgan fingerprint density at radius 2 is 2.06 bits per heavy atom. The van der Waals surface area contributed by atoms with Crippen LogP contribution in [0.5, 0.6) is 0 Å². The van der Waals surface area contributed by atoms with Crippen LogP contribution in [0, 0.1) is 0 Å². The zero-order chi connectivity index (χ0) is 11.3. The van der Waals surface area contributed by atoms with Gasteiger partial charge in [0, 0.05) is 5.39 Å². The fourth-order valence-electron chi connectivity index (χ4n) is 1.87. The lowest BCUT2D eigenvalue weighted by atomic mass is 9.99. The third-order valence-electron chi connectivity index (χ3n) is 2.84. The number of H-pyrrole nitrogens is 1. The molecule has 0 atom stereocenters. The number of rotatable bonds is 0. The number of nitrogens with one attached hydrogen (secondary N) is 3. The first-order valence-corrected chi connectivity index (χ1v) is 5.13. The molecule has 1 amide bonds. The fraction of sp³-hybridized carbons (Fsp3) is 0.273. The van der Waals surface area contributed by atoms with Crippen molar-refractivity contribution < 1.29 is 4.79 Å². The summed E-state index contributed by atoms with van der Waals surface area (Å²) < 4.78 is 0. The number of aromatic amines is 1. The number of anilines is 2. The average Bonchev–Trinajstić information content (AvgIpc) is 2.63. The standard InChI is InChI=1S/C11H12N4O/c1-11(2)10(16)13-8-4-7-6(5-12-15-7)3-9(8)14-11/h3-5,14H,1-2H3,(H,12,15)(H,13,16). The maximum atomic E-state index is 11.8. The lowest BCUT2D eigenvalue weighted by Crippen LogP contribution is -2.47. The van der Waals surface area contributed by atoms with Gasteiger partial charge in [-0.2, -0.15) is 5.10 Å². The van der Waals surface area contributed by atoms with Crippen molar-refractivity contribution >= 4 is 28.2 Å². The van der Waals surface area contributed by atoms with Gasteiger partial charge in [0.25, 0.3) is 0 Å². The van der Waals surface area contributed by atoms with E-state index in [0.717, 1.165) is 22.3 Å². The normalized spacial score (nSPS) is 17.8. The van der Waals surface area contributed by atoms with Gasteiger partial charge in [-0.25, -0.2) is 0 Å². The van der Waals surface area contributed by atoms with E-state index in [1.165, 1.54) is 0 Å². The number of fused-ring (bicyclic) bond motifs is 2. The molecule has 0 spiro atoms. The van der Waals surface area contributed by atoms with Gasteiger partial charge in [-0.1, -0.05) is 0 Å². The Labute approximate surface area is 92.2 Å². The van der Waals surface area contributed by atoms with Crippen LogP contribution in [0.1, 0.15) is 13.8 Å². The smallest absolute Gasteiger partial charge is 0.249 e. The van der Waals surface area contributed by atoms with Crippen LogP contribution in [0.3, 0.4) is 0 Å². The molecule has 5 heteroatoms. The van der Waals surface area contributed by atoms with Crippen molar-refractivity contribution in [3.63, 3.8) is 0 Å². The molecule has 82 valence electrons. The molecular weight excluding hydrogens is 204 g/mol. The van der Waals surface area contributed by atoms with E-state index in [-0.39, 0.29) is 5.91 Å². The Bertz CT molecular complexity index is 585. The zero-order valence-corrected chi connectivity index (χ0v) is 9.09. The van der Waals surface area contributed by atoms with Crippen molar-refractivity contribution in [2.75, 3.05) is 10.6 Å². The van der Waals surface area contributed by atoms with Crippen molar-refractivity contribution in [1.29, 1.82) is 0 Å². The first-order valence-electron chi connectivity index (χ1n) is 5.13. The highest BCUT2D eigenvalue weighted by molar-refractivity contribution is 6.07. The van der Waals surface area contributed by atoms with E-state index in [1.54, 1.807) is 6.20 Å². The molecule has 0 saturated carbocycles. The van der Waals surface area contributed by atoms with E-state index in [9.17, 15) is 4.79 Å². The number of benzene rings is 1. The monoisotopic (exact) mass is 216 g/mol. The minimum absolute atomic E-state index is 0.0288. The van der Waals surface area contributed by atoms with Crippen molar-refractivity contribution in [3.8, 4) is 0 Å². The second-order valence-electron chi connectivity index (χ2n) is 4.56. The minimum atomic E-state index is -0.579. The lowest BCUT2D eigenvalue weighted by molar-refractivity contribution is -0.119. The summed E-state index contributed by atoms with van der Waals surface area (Å²) >= 11 is 0. The van der Waals surface area contributed by atoms with E-state index >= 15 is 0 Å². The van der Waals surface area contributed by atoms with Gasteiger partial charge in [0.05, 0.1) is 23.1 Å². The molecular formula is C11H12N4O. The molecule has 16 heavy (non-hydrogen) atoms. The van der Waals surface area contributed by atoms with E-state index in [0.29, 0.717) is 0 Å². The van der Waals surface area contributed by atoms with E-state index in [4.69, 9.17) is 0 Å². The molecule has 0 bridgehead atoms. The summed E-state index contributed by atoms with van der Waals surface area (Å²) in [5.74, 6) is -0.0288. The maximum absolute atomic E-state index is 11.8. The van der Waals surface area contributed by atoms with Gasteiger partial charge in [-0.05, 0) is 26.0 Å². The van der Waals surface area contributed by atoms with Crippen molar-refractivity contribution in [3.05, 3.63) is 18.3 Å². The van der Waals surface area contributed by atoms with Crippen LogP contribution in [0.4, 0.5) is 11.4 Å². The van der Waals surface area contributed by atoms with Gasteiger partial charge in [0.1, 0.15) is 5.54 Å². The fourth-order valence-corrected chi connectivity index (χ4v) is 1.87. The number of carbonyl (C=O) groups excluding carboxylic acids is 1. The summed E-state index contributed by atoms with van der Waals surface area (Å²) in [5, 5.41) is 14.0. The predicted octanol–water partition coefficient (Wildman–Crippen LogP) is 1.71. The highest BCUT2D eigenvalue weighted by atomic mass is 16.2. The van der Waals surface area contributed by atoms with Crippen molar-refractivity contribution in [1.82, 2.24) is 10.2 Å². The van der Waals surface area contributed by atoms with Crippen LogP contribution >= 0.6 is 0 Å². The van der Waals surface area contributed by atoms with E-state index in [2.05, 4.69) is 20.8 Å². The molecule has 3 N–H and O–H groups in total. The summed E-state index contributed by atoms with van der Waals surface area (Å²) in [6.07, 6.45) is 1.76. The topological polar surface area (TPSA) is 69.8 Å². The van der Waals surface area contributed by atoms with Crippen LogP contribution in [0.25, 0.3) is 10.9 Å². The molecule has 0 fully saturated rings. The second-order valence-corrected chi connectivity index (χ2v) is 4.56. The molecule has 2 heterocycles. The van der Waals surface area contributed by atoms with Crippen LogP contribution in [-0.4, -0.2) is 21.6 Å². The van der Waals surface area contributed by atoms with Crippen LogP contribution in [0.15, 0.2) is 18.3 Å². The molecule has 0 aliphatic carbocycles. The largest absolute Gasteiger partial charge is 0.370 e. The summed E-state index contributed by atoms with van der Waals surface area (Å²) in [4.78, 5) is 11.8. The van der Waals surface area contributed by atoms with Crippen molar-refractivity contribution in [2.24, 2.45) is 0 Å². The number of nitrogens with zero attached hydrogens (tertiary/aromatic N) is 1. The van der Waals surface area contributed by atoms with E-state index in [1.807, 2.05) is 26.0 Å². The van der Waals surface area contributed by atoms with Crippen molar-refractivity contribution in [2.45, 2.75) is 19.4 Å². The van der Waals surface area contributed by atoms with Gasteiger partial charge in [-0.3, -0.25) is 9.89 Å². The molecule has 3 rings (SSSR count). The van der Waals surface area contributed by atoms with Crippen LogP contribution in [0.2, 0.25) is 0 Å². The molecule has 0 radical (unpaired) electrons. The number of hydrogen-bond acceptors (Lipinski definition) is 3. The minimum Gasteiger partial charge on any atom is -0.370 e. The Morgan fingerprint density at radius 1 is 1.25 bits per heavy atom. The molecule has 1 aromatic carbocycles. The average molecular weight is 216 g/mol. The highest BCUT2D eigenvalue weighted by Crippen LogP contribution is 2.33.